The number of carbonyl (C=O) groups is 1. The van der Waals surface area contributed by atoms with Crippen LogP contribution in [0.1, 0.15) is 15.9 Å². The van der Waals surface area contributed by atoms with Crippen LogP contribution in [0.5, 0.6) is 11.5 Å². The molecule has 1 aromatic heterocycles. The third-order valence-electron chi connectivity index (χ3n) is 3.30. The van der Waals surface area contributed by atoms with Gasteiger partial charge in [0.1, 0.15) is 11.5 Å². The summed E-state index contributed by atoms with van der Waals surface area (Å²) in [5.41, 5.74) is 7.82. The fourth-order valence-electron chi connectivity index (χ4n) is 2.21. The molecule has 4 heteroatoms. The number of aromatic nitrogens is 1. The average Bonchev–Trinajstić information content (AvgIpc) is 2.91. The van der Waals surface area contributed by atoms with Gasteiger partial charge in [-0.3, -0.25) is 4.79 Å². The Labute approximate surface area is 116 Å². The van der Waals surface area contributed by atoms with Crippen LogP contribution in [0.3, 0.4) is 0 Å². The van der Waals surface area contributed by atoms with E-state index in [1.807, 2.05) is 31.3 Å². The lowest BCUT2D eigenvalue weighted by molar-refractivity contribution is 0.1000. The van der Waals surface area contributed by atoms with Gasteiger partial charge in [0.25, 0.3) is 0 Å². The Morgan fingerprint density at radius 2 is 2.05 bits per heavy atom. The maximum atomic E-state index is 11.2. The van der Waals surface area contributed by atoms with Crippen LogP contribution < -0.4 is 10.5 Å². The van der Waals surface area contributed by atoms with E-state index in [-0.39, 0.29) is 0 Å². The second kappa shape index (κ2) is 4.74. The molecule has 20 heavy (non-hydrogen) atoms. The Morgan fingerprint density at radius 1 is 1.20 bits per heavy atom. The van der Waals surface area contributed by atoms with Crippen LogP contribution in [0, 0.1) is 6.92 Å². The lowest BCUT2D eigenvalue weighted by atomic mass is 10.1. The molecular formula is C16H14N2O2. The van der Waals surface area contributed by atoms with Crippen molar-refractivity contribution in [1.82, 2.24) is 4.98 Å². The first-order valence-electron chi connectivity index (χ1n) is 6.29. The number of hydrogen-bond donors (Lipinski definition) is 2. The zero-order valence-corrected chi connectivity index (χ0v) is 11.0. The molecule has 0 saturated heterocycles. The second-order valence-electron chi connectivity index (χ2n) is 4.62. The zero-order valence-electron chi connectivity index (χ0n) is 11.0. The zero-order chi connectivity index (χ0) is 14.1. The standard InChI is InChI=1S/C16H14N2O2/c1-10-13-7-8-18-14(13)5-6-15(10)20-12-4-2-3-11(9-12)16(17)19/h2-9,18H,1H3,(H2,17,19). The molecule has 3 N–H and O–H groups in total. The Kier molecular flexibility index (Phi) is 2.91. The fraction of sp³-hybridized carbons (Fsp3) is 0.0625. The summed E-state index contributed by atoms with van der Waals surface area (Å²) in [7, 11) is 0. The number of amides is 1. The van der Waals surface area contributed by atoms with Crippen molar-refractivity contribution >= 4 is 16.8 Å². The number of fused-ring (bicyclic) bond motifs is 1. The van der Waals surface area contributed by atoms with E-state index in [0.717, 1.165) is 22.2 Å². The molecule has 4 nitrogen and oxygen atoms in total. The molecule has 0 aliphatic rings. The molecule has 0 fully saturated rings. The Hall–Kier alpha value is -2.75. The summed E-state index contributed by atoms with van der Waals surface area (Å²) in [5.74, 6) is 0.895. The van der Waals surface area contributed by atoms with Gasteiger partial charge in [0.15, 0.2) is 0 Å². The molecule has 100 valence electrons. The molecule has 3 rings (SSSR count). The van der Waals surface area contributed by atoms with Crippen molar-refractivity contribution in [3.63, 3.8) is 0 Å². The number of rotatable bonds is 3. The van der Waals surface area contributed by atoms with Gasteiger partial charge in [0, 0.05) is 28.2 Å². The predicted molar refractivity (Wildman–Crippen MR) is 78.1 cm³/mol. The monoisotopic (exact) mass is 266 g/mol. The number of aromatic amines is 1. The van der Waals surface area contributed by atoms with Gasteiger partial charge in [0.05, 0.1) is 0 Å². The second-order valence-corrected chi connectivity index (χ2v) is 4.62. The van der Waals surface area contributed by atoms with Crippen LogP contribution in [0.15, 0.2) is 48.7 Å². The van der Waals surface area contributed by atoms with Crippen molar-refractivity contribution in [3.05, 3.63) is 59.8 Å². The highest BCUT2D eigenvalue weighted by atomic mass is 16.5. The molecule has 1 amide bonds. The van der Waals surface area contributed by atoms with Crippen LogP contribution in [0.4, 0.5) is 0 Å². The van der Waals surface area contributed by atoms with Gasteiger partial charge >= 0.3 is 0 Å². The van der Waals surface area contributed by atoms with Crippen LogP contribution in [0.25, 0.3) is 10.9 Å². The average molecular weight is 266 g/mol. The highest BCUT2D eigenvalue weighted by molar-refractivity contribution is 5.93. The van der Waals surface area contributed by atoms with E-state index in [2.05, 4.69) is 4.98 Å². The molecule has 0 radical (unpaired) electrons. The summed E-state index contributed by atoms with van der Waals surface area (Å²) in [6, 6.07) is 12.7. The Bertz CT molecular complexity index is 790. The molecule has 0 spiro atoms. The van der Waals surface area contributed by atoms with Gasteiger partial charge in [-0.25, -0.2) is 0 Å². The van der Waals surface area contributed by atoms with E-state index in [1.165, 1.54) is 0 Å². The number of nitrogens with two attached hydrogens (primary N) is 1. The van der Waals surface area contributed by atoms with Crippen LogP contribution in [-0.4, -0.2) is 10.9 Å². The first-order valence-corrected chi connectivity index (χ1v) is 6.29. The van der Waals surface area contributed by atoms with Gasteiger partial charge in [-0.15, -0.1) is 0 Å². The van der Waals surface area contributed by atoms with E-state index < -0.39 is 5.91 Å². The molecule has 0 bridgehead atoms. The summed E-state index contributed by atoms with van der Waals surface area (Å²) < 4.78 is 5.86. The molecule has 2 aromatic carbocycles. The minimum absolute atomic E-state index is 0.433. The molecule has 0 aliphatic carbocycles. The summed E-state index contributed by atoms with van der Waals surface area (Å²) in [4.78, 5) is 14.3. The maximum absolute atomic E-state index is 11.2. The smallest absolute Gasteiger partial charge is 0.248 e. The number of H-pyrrole nitrogens is 1. The normalized spacial score (nSPS) is 10.7. The molecule has 0 atom stereocenters. The molecule has 0 aliphatic heterocycles. The van der Waals surface area contributed by atoms with E-state index >= 15 is 0 Å². The predicted octanol–water partition coefficient (Wildman–Crippen LogP) is 3.37. The minimum Gasteiger partial charge on any atom is -0.457 e. The van der Waals surface area contributed by atoms with Gasteiger partial charge in [0.2, 0.25) is 5.91 Å². The fourth-order valence-corrected chi connectivity index (χ4v) is 2.21. The van der Waals surface area contributed by atoms with Crippen molar-refractivity contribution in [2.45, 2.75) is 6.92 Å². The van der Waals surface area contributed by atoms with Crippen LogP contribution in [-0.2, 0) is 0 Å². The number of benzene rings is 2. The lowest BCUT2D eigenvalue weighted by Gasteiger charge is -2.10. The number of hydrogen-bond acceptors (Lipinski definition) is 2. The summed E-state index contributed by atoms with van der Waals surface area (Å²) >= 11 is 0. The Balaban J connectivity index is 1.98. The summed E-state index contributed by atoms with van der Waals surface area (Å²) in [6.45, 7) is 2.00. The van der Waals surface area contributed by atoms with Crippen molar-refractivity contribution < 1.29 is 9.53 Å². The number of aryl methyl sites for hydroxylation is 1. The van der Waals surface area contributed by atoms with Crippen molar-refractivity contribution in [1.29, 1.82) is 0 Å². The molecule has 3 aromatic rings. The van der Waals surface area contributed by atoms with Gasteiger partial charge in [-0.05, 0) is 43.3 Å². The van der Waals surface area contributed by atoms with Crippen LogP contribution in [0.2, 0.25) is 0 Å². The number of ether oxygens (including phenoxy) is 1. The molecule has 1 heterocycles. The first-order chi connectivity index (χ1) is 9.65. The Morgan fingerprint density at radius 3 is 2.85 bits per heavy atom. The highest BCUT2D eigenvalue weighted by Crippen LogP contribution is 2.30. The molecular weight excluding hydrogens is 252 g/mol. The topological polar surface area (TPSA) is 68.1 Å². The number of nitrogens with one attached hydrogen (secondary N) is 1. The first kappa shape index (κ1) is 12.3. The molecule has 0 unspecified atom stereocenters. The quantitative estimate of drug-likeness (QED) is 0.763. The molecule has 0 saturated carbocycles. The van der Waals surface area contributed by atoms with Gasteiger partial charge in [-0.2, -0.15) is 0 Å². The SMILES string of the molecule is Cc1c(Oc2cccc(C(N)=O)c2)ccc2[nH]ccc12. The van der Waals surface area contributed by atoms with E-state index in [4.69, 9.17) is 10.5 Å². The maximum Gasteiger partial charge on any atom is 0.248 e. The minimum atomic E-state index is -0.465. The third-order valence-corrected chi connectivity index (χ3v) is 3.30. The van der Waals surface area contributed by atoms with Gasteiger partial charge in [-0.1, -0.05) is 6.07 Å². The third kappa shape index (κ3) is 2.12. The number of carbonyl (C=O) groups excluding carboxylic acids is 1. The van der Waals surface area contributed by atoms with E-state index in [0.29, 0.717) is 11.3 Å². The summed E-state index contributed by atoms with van der Waals surface area (Å²) in [6.07, 6.45) is 1.90. The van der Waals surface area contributed by atoms with Crippen molar-refractivity contribution in [2.24, 2.45) is 5.73 Å². The van der Waals surface area contributed by atoms with Crippen molar-refractivity contribution in [2.75, 3.05) is 0 Å². The van der Waals surface area contributed by atoms with E-state index in [1.54, 1.807) is 24.3 Å². The van der Waals surface area contributed by atoms with Crippen molar-refractivity contribution in [3.8, 4) is 11.5 Å². The highest BCUT2D eigenvalue weighted by Gasteiger charge is 2.08. The lowest BCUT2D eigenvalue weighted by Crippen LogP contribution is -2.10. The number of primary amides is 1. The summed E-state index contributed by atoms with van der Waals surface area (Å²) in [5, 5.41) is 1.12. The largest absolute Gasteiger partial charge is 0.457 e. The van der Waals surface area contributed by atoms with E-state index in [9.17, 15) is 4.79 Å². The van der Waals surface area contributed by atoms with Gasteiger partial charge < -0.3 is 15.5 Å². The van der Waals surface area contributed by atoms with Crippen LogP contribution >= 0.6 is 0 Å².